The van der Waals surface area contributed by atoms with Crippen LogP contribution >= 0.6 is 0 Å². The summed E-state index contributed by atoms with van der Waals surface area (Å²) in [6.07, 6.45) is 1.70. The van der Waals surface area contributed by atoms with Gasteiger partial charge in [-0.3, -0.25) is 4.68 Å². The van der Waals surface area contributed by atoms with Gasteiger partial charge in [0.15, 0.2) is 5.82 Å². The SMILES string of the molecule is Cc1cc(Nc2ncccc2N)n(C)n1. The van der Waals surface area contributed by atoms with Crippen molar-refractivity contribution < 1.29 is 0 Å². The summed E-state index contributed by atoms with van der Waals surface area (Å²) in [6, 6.07) is 5.54. The summed E-state index contributed by atoms with van der Waals surface area (Å²) in [5.41, 5.74) is 7.35. The maximum atomic E-state index is 5.77. The molecule has 5 heteroatoms. The Hall–Kier alpha value is -2.04. The standard InChI is InChI=1S/C10H13N5/c1-7-6-9(15(2)14-7)13-10-8(11)4-3-5-12-10/h3-6H,11H2,1-2H3,(H,12,13). The minimum atomic E-state index is 0.622. The number of rotatable bonds is 2. The molecule has 2 rings (SSSR count). The number of nitrogens with two attached hydrogens (primary N) is 1. The molecule has 0 fully saturated rings. The summed E-state index contributed by atoms with van der Waals surface area (Å²) >= 11 is 0. The number of aromatic nitrogens is 3. The van der Waals surface area contributed by atoms with Crippen molar-refractivity contribution in [2.75, 3.05) is 11.1 Å². The molecule has 0 radical (unpaired) electrons. The van der Waals surface area contributed by atoms with E-state index >= 15 is 0 Å². The first kappa shape index (κ1) is 9.51. The molecule has 15 heavy (non-hydrogen) atoms. The van der Waals surface area contributed by atoms with Crippen LogP contribution in [0, 0.1) is 6.92 Å². The van der Waals surface area contributed by atoms with E-state index in [2.05, 4.69) is 15.4 Å². The molecule has 0 amide bonds. The maximum absolute atomic E-state index is 5.77. The molecule has 2 aromatic heterocycles. The van der Waals surface area contributed by atoms with E-state index in [-0.39, 0.29) is 0 Å². The number of hydrogen-bond donors (Lipinski definition) is 2. The highest BCUT2D eigenvalue weighted by Gasteiger charge is 2.04. The van der Waals surface area contributed by atoms with Crippen molar-refractivity contribution in [1.29, 1.82) is 0 Å². The van der Waals surface area contributed by atoms with Crippen LogP contribution in [-0.4, -0.2) is 14.8 Å². The monoisotopic (exact) mass is 203 g/mol. The quantitative estimate of drug-likeness (QED) is 0.775. The lowest BCUT2D eigenvalue weighted by Crippen LogP contribution is -2.03. The summed E-state index contributed by atoms with van der Waals surface area (Å²) < 4.78 is 1.75. The number of anilines is 3. The molecular weight excluding hydrogens is 190 g/mol. The number of nitrogens with zero attached hydrogens (tertiary/aromatic N) is 3. The van der Waals surface area contributed by atoms with Crippen molar-refractivity contribution in [3.63, 3.8) is 0 Å². The molecule has 0 aliphatic rings. The predicted octanol–water partition coefficient (Wildman–Crippen LogP) is 1.45. The smallest absolute Gasteiger partial charge is 0.154 e. The molecule has 5 nitrogen and oxygen atoms in total. The number of hydrogen-bond acceptors (Lipinski definition) is 4. The summed E-state index contributed by atoms with van der Waals surface area (Å²) in [5, 5.41) is 7.35. The molecule has 0 saturated carbocycles. The molecule has 0 atom stereocenters. The van der Waals surface area contributed by atoms with Crippen LogP contribution in [0.5, 0.6) is 0 Å². The Morgan fingerprint density at radius 3 is 2.87 bits per heavy atom. The zero-order chi connectivity index (χ0) is 10.8. The van der Waals surface area contributed by atoms with Crippen LogP contribution in [0.2, 0.25) is 0 Å². The predicted molar refractivity (Wildman–Crippen MR) is 59.9 cm³/mol. The lowest BCUT2D eigenvalue weighted by atomic mass is 10.4. The lowest BCUT2D eigenvalue weighted by Gasteiger charge is -2.06. The molecule has 0 saturated heterocycles. The summed E-state index contributed by atoms with van der Waals surface area (Å²) in [7, 11) is 1.87. The van der Waals surface area contributed by atoms with Crippen LogP contribution in [0.3, 0.4) is 0 Å². The molecular formula is C10H13N5. The molecule has 0 aliphatic carbocycles. The Labute approximate surface area is 87.9 Å². The third-order valence-electron chi connectivity index (χ3n) is 2.09. The van der Waals surface area contributed by atoms with Crippen LogP contribution in [-0.2, 0) is 7.05 Å². The summed E-state index contributed by atoms with van der Waals surface area (Å²) in [4.78, 5) is 4.15. The molecule has 0 unspecified atom stereocenters. The highest BCUT2D eigenvalue weighted by molar-refractivity contribution is 5.66. The first-order valence-corrected chi connectivity index (χ1v) is 4.65. The summed E-state index contributed by atoms with van der Waals surface area (Å²) in [5.74, 6) is 1.53. The Morgan fingerprint density at radius 1 is 1.47 bits per heavy atom. The molecule has 0 bridgehead atoms. The number of nitrogen functional groups attached to an aromatic ring is 1. The normalized spacial score (nSPS) is 10.3. The van der Waals surface area contributed by atoms with Crippen LogP contribution < -0.4 is 11.1 Å². The maximum Gasteiger partial charge on any atom is 0.154 e. The zero-order valence-corrected chi connectivity index (χ0v) is 8.73. The first-order valence-electron chi connectivity index (χ1n) is 4.65. The van der Waals surface area contributed by atoms with Gasteiger partial charge in [0, 0.05) is 19.3 Å². The van der Waals surface area contributed by atoms with Crippen molar-refractivity contribution >= 4 is 17.3 Å². The minimum Gasteiger partial charge on any atom is -0.396 e. The van der Waals surface area contributed by atoms with Crippen LogP contribution in [0.1, 0.15) is 5.69 Å². The fraction of sp³-hybridized carbons (Fsp3) is 0.200. The van der Waals surface area contributed by atoms with Crippen molar-refractivity contribution in [1.82, 2.24) is 14.8 Å². The third kappa shape index (κ3) is 1.90. The Kier molecular flexibility index (Phi) is 2.29. The lowest BCUT2D eigenvalue weighted by molar-refractivity contribution is 0.764. The number of pyridine rings is 1. The Balaban J connectivity index is 2.29. The molecule has 2 heterocycles. The van der Waals surface area contributed by atoms with Gasteiger partial charge in [0.25, 0.3) is 0 Å². The molecule has 0 aliphatic heterocycles. The molecule has 2 aromatic rings. The first-order chi connectivity index (χ1) is 7.16. The van der Waals surface area contributed by atoms with E-state index in [4.69, 9.17) is 5.73 Å². The molecule has 3 N–H and O–H groups in total. The average molecular weight is 203 g/mol. The van der Waals surface area contributed by atoms with Gasteiger partial charge < -0.3 is 11.1 Å². The Morgan fingerprint density at radius 2 is 2.27 bits per heavy atom. The van der Waals surface area contributed by atoms with Crippen LogP contribution in [0.4, 0.5) is 17.3 Å². The van der Waals surface area contributed by atoms with Gasteiger partial charge in [0.2, 0.25) is 0 Å². The second-order valence-corrected chi connectivity index (χ2v) is 3.36. The fourth-order valence-corrected chi connectivity index (χ4v) is 1.37. The van der Waals surface area contributed by atoms with Gasteiger partial charge in [-0.25, -0.2) is 4.98 Å². The Bertz CT molecular complexity index is 474. The van der Waals surface area contributed by atoms with Gasteiger partial charge in [0.05, 0.1) is 11.4 Å². The average Bonchev–Trinajstić information content (AvgIpc) is 2.49. The van der Waals surface area contributed by atoms with Crippen molar-refractivity contribution in [3.8, 4) is 0 Å². The van der Waals surface area contributed by atoms with E-state index in [0.29, 0.717) is 11.5 Å². The second kappa shape index (κ2) is 3.61. The van der Waals surface area contributed by atoms with E-state index in [1.165, 1.54) is 0 Å². The van der Waals surface area contributed by atoms with E-state index in [0.717, 1.165) is 11.5 Å². The minimum absolute atomic E-state index is 0.622. The van der Waals surface area contributed by atoms with E-state index < -0.39 is 0 Å². The van der Waals surface area contributed by atoms with Gasteiger partial charge >= 0.3 is 0 Å². The highest BCUT2D eigenvalue weighted by Crippen LogP contribution is 2.19. The van der Waals surface area contributed by atoms with Gasteiger partial charge in [-0.1, -0.05) is 0 Å². The zero-order valence-electron chi connectivity index (χ0n) is 8.73. The van der Waals surface area contributed by atoms with Crippen molar-refractivity contribution in [2.24, 2.45) is 7.05 Å². The van der Waals surface area contributed by atoms with Crippen molar-refractivity contribution in [2.45, 2.75) is 6.92 Å². The van der Waals surface area contributed by atoms with Crippen LogP contribution in [0.15, 0.2) is 24.4 Å². The van der Waals surface area contributed by atoms with Gasteiger partial charge in [-0.15, -0.1) is 0 Å². The third-order valence-corrected chi connectivity index (χ3v) is 2.09. The number of nitrogens with one attached hydrogen (secondary N) is 1. The second-order valence-electron chi connectivity index (χ2n) is 3.36. The topological polar surface area (TPSA) is 68.8 Å². The molecule has 0 spiro atoms. The highest BCUT2D eigenvalue weighted by atomic mass is 15.3. The van der Waals surface area contributed by atoms with Gasteiger partial charge in [-0.05, 0) is 19.1 Å². The molecule has 0 aromatic carbocycles. The van der Waals surface area contributed by atoms with Gasteiger partial charge in [-0.2, -0.15) is 5.10 Å². The van der Waals surface area contributed by atoms with Crippen molar-refractivity contribution in [3.05, 3.63) is 30.1 Å². The van der Waals surface area contributed by atoms with Crippen LogP contribution in [0.25, 0.3) is 0 Å². The molecule has 78 valence electrons. The van der Waals surface area contributed by atoms with E-state index in [1.807, 2.05) is 20.0 Å². The van der Waals surface area contributed by atoms with Gasteiger partial charge in [0.1, 0.15) is 5.82 Å². The fourth-order valence-electron chi connectivity index (χ4n) is 1.37. The summed E-state index contributed by atoms with van der Waals surface area (Å²) in [6.45, 7) is 1.94. The largest absolute Gasteiger partial charge is 0.396 e. The number of aryl methyl sites for hydroxylation is 2. The van der Waals surface area contributed by atoms with E-state index in [1.54, 1.807) is 23.0 Å². The van der Waals surface area contributed by atoms with E-state index in [9.17, 15) is 0 Å².